The molecular formula is C18H20FNO. The molecule has 1 aliphatic rings. The van der Waals surface area contributed by atoms with Gasteiger partial charge in [-0.3, -0.25) is 0 Å². The van der Waals surface area contributed by atoms with E-state index in [-0.39, 0.29) is 5.82 Å². The van der Waals surface area contributed by atoms with Crippen molar-refractivity contribution in [1.29, 1.82) is 0 Å². The van der Waals surface area contributed by atoms with Crippen LogP contribution in [0.4, 0.5) is 4.39 Å². The Morgan fingerprint density at radius 2 is 2.00 bits per heavy atom. The topological polar surface area (TPSA) is 21.3 Å². The maximum atomic E-state index is 13.8. The van der Waals surface area contributed by atoms with E-state index in [1.165, 1.54) is 18.9 Å². The van der Waals surface area contributed by atoms with Crippen molar-refractivity contribution in [3.05, 3.63) is 53.3 Å². The van der Waals surface area contributed by atoms with E-state index in [0.717, 1.165) is 29.0 Å². The summed E-state index contributed by atoms with van der Waals surface area (Å²) in [4.78, 5) is 0. The number of methoxy groups -OCH3 is 1. The second-order valence-corrected chi connectivity index (χ2v) is 5.59. The maximum Gasteiger partial charge on any atom is 0.126 e. The molecule has 2 aromatic rings. The summed E-state index contributed by atoms with van der Waals surface area (Å²) in [6, 6.07) is 11.9. The van der Waals surface area contributed by atoms with Crippen LogP contribution in [-0.4, -0.2) is 13.2 Å². The van der Waals surface area contributed by atoms with Gasteiger partial charge in [-0.15, -0.1) is 0 Å². The number of ether oxygens (including phenoxy) is 1. The summed E-state index contributed by atoms with van der Waals surface area (Å²) in [5.41, 5.74) is 3.86. The molecule has 0 amide bonds. The number of nitrogens with one attached hydrogen (secondary N) is 1. The van der Waals surface area contributed by atoms with Crippen LogP contribution in [-0.2, 0) is 6.54 Å². The Morgan fingerprint density at radius 3 is 2.71 bits per heavy atom. The Bertz CT molecular complexity index is 650. The highest BCUT2D eigenvalue weighted by atomic mass is 19.1. The molecule has 0 atom stereocenters. The number of hydrogen-bond donors (Lipinski definition) is 1. The first-order chi connectivity index (χ1) is 10.2. The second kappa shape index (κ2) is 5.86. The molecule has 1 aliphatic carbocycles. The van der Waals surface area contributed by atoms with Crippen LogP contribution in [0.1, 0.15) is 24.0 Å². The number of rotatable bonds is 5. The Balaban J connectivity index is 2.00. The third-order valence-electron chi connectivity index (χ3n) is 4.03. The molecule has 2 aromatic carbocycles. The lowest BCUT2D eigenvalue weighted by atomic mass is 9.95. The van der Waals surface area contributed by atoms with Gasteiger partial charge in [0.2, 0.25) is 0 Å². The predicted octanol–water partition coefficient (Wildman–Crippen LogP) is 4.06. The van der Waals surface area contributed by atoms with Gasteiger partial charge in [-0.1, -0.05) is 18.2 Å². The van der Waals surface area contributed by atoms with E-state index in [1.54, 1.807) is 13.2 Å². The van der Waals surface area contributed by atoms with E-state index in [0.29, 0.717) is 11.6 Å². The summed E-state index contributed by atoms with van der Waals surface area (Å²) >= 11 is 0. The van der Waals surface area contributed by atoms with Gasteiger partial charge in [0, 0.05) is 12.6 Å². The normalized spacial score (nSPS) is 14.2. The molecule has 0 unspecified atom stereocenters. The van der Waals surface area contributed by atoms with Gasteiger partial charge < -0.3 is 10.1 Å². The van der Waals surface area contributed by atoms with E-state index < -0.39 is 0 Å². The van der Waals surface area contributed by atoms with Gasteiger partial charge in [0.05, 0.1) is 7.11 Å². The van der Waals surface area contributed by atoms with E-state index in [2.05, 4.69) is 5.32 Å². The highest BCUT2D eigenvalue weighted by Gasteiger charge is 2.21. The standard InChI is InChI=1S/C18H20FNO/c1-12-16(4-3-5-18(12)19)17-9-8-15(21-2)10-13(17)11-20-14-6-7-14/h3-5,8-10,14,20H,6-7,11H2,1-2H3. The fourth-order valence-corrected chi connectivity index (χ4v) is 2.55. The molecule has 1 fully saturated rings. The van der Waals surface area contributed by atoms with Crippen molar-refractivity contribution in [1.82, 2.24) is 5.32 Å². The lowest BCUT2D eigenvalue weighted by molar-refractivity contribution is 0.414. The fraction of sp³-hybridized carbons (Fsp3) is 0.333. The van der Waals surface area contributed by atoms with Gasteiger partial charge in [-0.05, 0) is 60.2 Å². The molecule has 0 saturated heterocycles. The van der Waals surface area contributed by atoms with Gasteiger partial charge in [-0.25, -0.2) is 4.39 Å². The molecule has 0 aromatic heterocycles. The van der Waals surface area contributed by atoms with Crippen LogP contribution < -0.4 is 10.1 Å². The zero-order valence-corrected chi connectivity index (χ0v) is 12.4. The van der Waals surface area contributed by atoms with Gasteiger partial charge in [0.15, 0.2) is 0 Å². The minimum absolute atomic E-state index is 0.163. The first-order valence-electron chi connectivity index (χ1n) is 7.35. The van der Waals surface area contributed by atoms with Gasteiger partial charge in [-0.2, -0.15) is 0 Å². The van der Waals surface area contributed by atoms with E-state index >= 15 is 0 Å². The van der Waals surface area contributed by atoms with Crippen molar-refractivity contribution in [3.8, 4) is 16.9 Å². The fourth-order valence-electron chi connectivity index (χ4n) is 2.55. The largest absolute Gasteiger partial charge is 0.497 e. The first-order valence-corrected chi connectivity index (χ1v) is 7.35. The van der Waals surface area contributed by atoms with Crippen molar-refractivity contribution in [3.63, 3.8) is 0 Å². The summed E-state index contributed by atoms with van der Waals surface area (Å²) in [5, 5.41) is 3.52. The van der Waals surface area contributed by atoms with Gasteiger partial charge >= 0.3 is 0 Å². The number of halogens is 1. The van der Waals surface area contributed by atoms with Gasteiger partial charge in [0.25, 0.3) is 0 Å². The summed E-state index contributed by atoms with van der Waals surface area (Å²) < 4.78 is 19.1. The first kappa shape index (κ1) is 14.1. The van der Waals surface area contributed by atoms with E-state index in [4.69, 9.17) is 4.74 Å². The Morgan fingerprint density at radius 1 is 1.19 bits per heavy atom. The zero-order valence-electron chi connectivity index (χ0n) is 12.4. The molecule has 0 radical (unpaired) electrons. The Kier molecular flexibility index (Phi) is 3.93. The van der Waals surface area contributed by atoms with E-state index in [1.807, 2.05) is 31.2 Å². The minimum Gasteiger partial charge on any atom is -0.497 e. The molecule has 2 nitrogen and oxygen atoms in total. The average molecular weight is 285 g/mol. The highest BCUT2D eigenvalue weighted by molar-refractivity contribution is 5.71. The van der Waals surface area contributed by atoms with Crippen LogP contribution in [0, 0.1) is 12.7 Å². The monoisotopic (exact) mass is 285 g/mol. The average Bonchev–Trinajstić information content (AvgIpc) is 3.32. The second-order valence-electron chi connectivity index (χ2n) is 5.59. The molecular weight excluding hydrogens is 265 g/mol. The van der Waals surface area contributed by atoms with Crippen LogP contribution in [0.25, 0.3) is 11.1 Å². The molecule has 3 rings (SSSR count). The van der Waals surface area contributed by atoms with Gasteiger partial charge in [0.1, 0.15) is 11.6 Å². The minimum atomic E-state index is -0.163. The zero-order chi connectivity index (χ0) is 14.8. The number of hydrogen-bond acceptors (Lipinski definition) is 2. The molecule has 1 N–H and O–H groups in total. The SMILES string of the molecule is COc1ccc(-c2cccc(F)c2C)c(CNC2CC2)c1. The van der Waals surface area contributed by atoms with Crippen LogP contribution in [0.3, 0.4) is 0 Å². The summed E-state index contributed by atoms with van der Waals surface area (Å²) in [5.74, 6) is 0.671. The molecule has 0 bridgehead atoms. The third kappa shape index (κ3) is 3.08. The number of benzene rings is 2. The van der Waals surface area contributed by atoms with Crippen molar-refractivity contribution < 1.29 is 9.13 Å². The third-order valence-corrected chi connectivity index (χ3v) is 4.03. The molecule has 0 aliphatic heterocycles. The van der Waals surface area contributed by atoms with Crippen molar-refractivity contribution in [2.75, 3.05) is 7.11 Å². The molecule has 3 heteroatoms. The van der Waals surface area contributed by atoms with E-state index in [9.17, 15) is 4.39 Å². The Labute approximate surface area is 125 Å². The predicted molar refractivity (Wildman–Crippen MR) is 83.0 cm³/mol. The molecule has 0 heterocycles. The summed E-state index contributed by atoms with van der Waals surface area (Å²) in [6.45, 7) is 2.61. The summed E-state index contributed by atoms with van der Waals surface area (Å²) in [6.07, 6.45) is 2.50. The lowest BCUT2D eigenvalue weighted by Gasteiger charge is -2.14. The summed E-state index contributed by atoms with van der Waals surface area (Å²) in [7, 11) is 1.67. The van der Waals surface area contributed by atoms with Crippen molar-refractivity contribution >= 4 is 0 Å². The molecule has 110 valence electrons. The maximum absolute atomic E-state index is 13.8. The van der Waals surface area contributed by atoms with Crippen LogP contribution in [0.15, 0.2) is 36.4 Å². The quantitative estimate of drug-likeness (QED) is 0.894. The van der Waals surface area contributed by atoms with Crippen molar-refractivity contribution in [2.45, 2.75) is 32.4 Å². The smallest absolute Gasteiger partial charge is 0.126 e. The van der Waals surface area contributed by atoms with Crippen LogP contribution in [0.5, 0.6) is 5.75 Å². The van der Waals surface area contributed by atoms with Crippen LogP contribution >= 0.6 is 0 Å². The molecule has 0 spiro atoms. The molecule has 21 heavy (non-hydrogen) atoms. The molecule has 1 saturated carbocycles. The highest BCUT2D eigenvalue weighted by Crippen LogP contribution is 2.31. The Hall–Kier alpha value is -1.87. The van der Waals surface area contributed by atoms with Crippen LogP contribution in [0.2, 0.25) is 0 Å². The van der Waals surface area contributed by atoms with Crippen molar-refractivity contribution in [2.24, 2.45) is 0 Å². The lowest BCUT2D eigenvalue weighted by Crippen LogP contribution is -2.16.